The van der Waals surface area contributed by atoms with Crippen LogP contribution in [0.15, 0.2) is 12.1 Å². The molecule has 5 heteroatoms. The SMILES string of the molecule is Cc1ccc(C#N)c(N2CCN(CC(C)C)C(=O)C2)n1. The average molecular weight is 272 g/mol. The first-order chi connectivity index (χ1) is 9.51. The van der Waals surface area contributed by atoms with E-state index in [2.05, 4.69) is 24.9 Å². The van der Waals surface area contributed by atoms with Crippen LogP contribution in [0.1, 0.15) is 25.1 Å². The molecule has 106 valence electrons. The van der Waals surface area contributed by atoms with Gasteiger partial charge in [-0.1, -0.05) is 13.8 Å². The molecule has 1 saturated heterocycles. The normalized spacial score (nSPS) is 15.7. The quantitative estimate of drug-likeness (QED) is 0.838. The minimum atomic E-state index is 0.108. The summed E-state index contributed by atoms with van der Waals surface area (Å²) in [5, 5.41) is 9.16. The van der Waals surface area contributed by atoms with Crippen LogP contribution in [-0.2, 0) is 4.79 Å². The lowest BCUT2D eigenvalue weighted by Gasteiger charge is -2.36. The monoisotopic (exact) mass is 272 g/mol. The highest BCUT2D eigenvalue weighted by Gasteiger charge is 2.26. The van der Waals surface area contributed by atoms with Crippen LogP contribution in [0.4, 0.5) is 5.82 Å². The molecule has 0 aliphatic carbocycles. The molecule has 0 radical (unpaired) electrons. The third-order valence-corrected chi connectivity index (χ3v) is 3.34. The number of amides is 1. The number of piperazine rings is 1. The van der Waals surface area contributed by atoms with Crippen LogP contribution in [0, 0.1) is 24.2 Å². The summed E-state index contributed by atoms with van der Waals surface area (Å²) < 4.78 is 0. The van der Waals surface area contributed by atoms with Crippen LogP contribution in [0.2, 0.25) is 0 Å². The van der Waals surface area contributed by atoms with Crippen LogP contribution in [0.25, 0.3) is 0 Å². The van der Waals surface area contributed by atoms with Crippen molar-refractivity contribution >= 4 is 11.7 Å². The van der Waals surface area contributed by atoms with E-state index in [-0.39, 0.29) is 5.91 Å². The number of hydrogen-bond donors (Lipinski definition) is 0. The largest absolute Gasteiger partial charge is 0.344 e. The summed E-state index contributed by atoms with van der Waals surface area (Å²) in [4.78, 5) is 20.4. The second kappa shape index (κ2) is 5.91. The molecule has 20 heavy (non-hydrogen) atoms. The van der Waals surface area contributed by atoms with Gasteiger partial charge >= 0.3 is 0 Å². The molecule has 1 fully saturated rings. The van der Waals surface area contributed by atoms with E-state index in [0.29, 0.717) is 30.4 Å². The maximum Gasteiger partial charge on any atom is 0.242 e. The molecule has 5 nitrogen and oxygen atoms in total. The van der Waals surface area contributed by atoms with Gasteiger partial charge in [-0.25, -0.2) is 4.98 Å². The predicted molar refractivity (Wildman–Crippen MR) is 77.3 cm³/mol. The fourth-order valence-electron chi connectivity index (χ4n) is 2.39. The Morgan fingerprint density at radius 1 is 1.40 bits per heavy atom. The molecule has 2 rings (SSSR count). The van der Waals surface area contributed by atoms with Crippen molar-refractivity contribution in [2.45, 2.75) is 20.8 Å². The predicted octanol–water partition coefficient (Wildman–Crippen LogP) is 1.57. The average Bonchev–Trinajstić information content (AvgIpc) is 2.40. The maximum atomic E-state index is 12.2. The molecular formula is C15H20N4O. The molecule has 2 heterocycles. The summed E-state index contributed by atoms with van der Waals surface area (Å²) in [7, 11) is 0. The van der Waals surface area contributed by atoms with Gasteiger partial charge in [0, 0.05) is 25.3 Å². The van der Waals surface area contributed by atoms with Gasteiger partial charge in [-0.2, -0.15) is 5.26 Å². The maximum absolute atomic E-state index is 12.2. The molecule has 1 aliphatic heterocycles. The van der Waals surface area contributed by atoms with E-state index in [1.54, 1.807) is 6.07 Å². The van der Waals surface area contributed by atoms with Gasteiger partial charge in [-0.05, 0) is 25.0 Å². The Hall–Kier alpha value is -2.09. The third kappa shape index (κ3) is 3.08. The fourth-order valence-corrected chi connectivity index (χ4v) is 2.39. The summed E-state index contributed by atoms with van der Waals surface area (Å²) >= 11 is 0. The molecular weight excluding hydrogens is 252 g/mol. The van der Waals surface area contributed by atoms with Gasteiger partial charge < -0.3 is 9.80 Å². The number of aryl methyl sites for hydroxylation is 1. The molecule has 0 bridgehead atoms. The zero-order valence-corrected chi connectivity index (χ0v) is 12.3. The summed E-state index contributed by atoms with van der Waals surface area (Å²) in [6, 6.07) is 5.73. The summed E-state index contributed by atoms with van der Waals surface area (Å²) in [6.07, 6.45) is 0. The molecule has 0 unspecified atom stereocenters. The molecule has 1 aromatic heterocycles. The Bertz CT molecular complexity index is 547. The lowest BCUT2D eigenvalue weighted by atomic mass is 10.1. The Kier molecular flexibility index (Phi) is 4.23. The van der Waals surface area contributed by atoms with Crippen LogP contribution in [0.3, 0.4) is 0 Å². The molecule has 0 saturated carbocycles. The van der Waals surface area contributed by atoms with Crippen LogP contribution in [0.5, 0.6) is 0 Å². The van der Waals surface area contributed by atoms with Crippen molar-refractivity contribution in [1.29, 1.82) is 5.26 Å². The van der Waals surface area contributed by atoms with Gasteiger partial charge in [0.25, 0.3) is 0 Å². The topological polar surface area (TPSA) is 60.2 Å². The second-order valence-corrected chi connectivity index (χ2v) is 5.59. The number of rotatable bonds is 3. The number of hydrogen-bond acceptors (Lipinski definition) is 4. The standard InChI is InChI=1S/C15H20N4O/c1-11(2)9-18-6-7-19(10-14(18)20)15-13(8-16)5-4-12(3)17-15/h4-5,11H,6-7,9-10H2,1-3H3. The zero-order valence-electron chi connectivity index (χ0n) is 12.3. The minimum Gasteiger partial charge on any atom is -0.344 e. The Balaban J connectivity index is 2.16. The summed E-state index contributed by atoms with van der Waals surface area (Å²) in [6.45, 7) is 8.62. The number of nitriles is 1. The summed E-state index contributed by atoms with van der Waals surface area (Å²) in [5.74, 6) is 1.21. The highest BCUT2D eigenvalue weighted by molar-refractivity contribution is 5.83. The number of carbonyl (C=O) groups excluding carboxylic acids is 1. The molecule has 0 aromatic carbocycles. The second-order valence-electron chi connectivity index (χ2n) is 5.59. The highest BCUT2D eigenvalue weighted by Crippen LogP contribution is 2.20. The Labute approximate surface area is 119 Å². The lowest BCUT2D eigenvalue weighted by Crippen LogP contribution is -2.51. The van der Waals surface area contributed by atoms with Crippen molar-refractivity contribution in [3.63, 3.8) is 0 Å². The van der Waals surface area contributed by atoms with Crippen LogP contribution < -0.4 is 4.90 Å². The molecule has 0 atom stereocenters. The molecule has 1 aromatic rings. The Morgan fingerprint density at radius 3 is 2.75 bits per heavy atom. The van der Waals surface area contributed by atoms with Crippen molar-refractivity contribution in [2.75, 3.05) is 31.1 Å². The van der Waals surface area contributed by atoms with E-state index in [4.69, 9.17) is 5.26 Å². The summed E-state index contributed by atoms with van der Waals surface area (Å²) in [5.41, 5.74) is 1.39. The number of anilines is 1. The third-order valence-electron chi connectivity index (χ3n) is 3.34. The number of pyridine rings is 1. The van der Waals surface area contributed by atoms with Crippen molar-refractivity contribution in [1.82, 2.24) is 9.88 Å². The van der Waals surface area contributed by atoms with Gasteiger partial charge in [-0.3, -0.25) is 4.79 Å². The molecule has 0 spiro atoms. The van der Waals surface area contributed by atoms with E-state index in [1.807, 2.05) is 22.8 Å². The molecule has 1 aliphatic rings. The van der Waals surface area contributed by atoms with E-state index in [9.17, 15) is 4.79 Å². The smallest absolute Gasteiger partial charge is 0.242 e. The van der Waals surface area contributed by atoms with Crippen molar-refractivity contribution < 1.29 is 4.79 Å². The van der Waals surface area contributed by atoms with Crippen LogP contribution >= 0.6 is 0 Å². The van der Waals surface area contributed by atoms with Gasteiger partial charge in [0.1, 0.15) is 11.9 Å². The van der Waals surface area contributed by atoms with Crippen molar-refractivity contribution in [3.8, 4) is 6.07 Å². The fraction of sp³-hybridized carbons (Fsp3) is 0.533. The van der Waals surface area contributed by atoms with E-state index in [0.717, 1.165) is 18.8 Å². The number of nitrogens with zero attached hydrogens (tertiary/aromatic N) is 4. The molecule has 1 amide bonds. The lowest BCUT2D eigenvalue weighted by molar-refractivity contribution is -0.131. The highest BCUT2D eigenvalue weighted by atomic mass is 16.2. The van der Waals surface area contributed by atoms with Crippen LogP contribution in [-0.4, -0.2) is 42.0 Å². The first-order valence-electron chi connectivity index (χ1n) is 6.91. The van der Waals surface area contributed by atoms with E-state index < -0.39 is 0 Å². The zero-order chi connectivity index (χ0) is 14.7. The van der Waals surface area contributed by atoms with Gasteiger partial charge in [0.05, 0.1) is 12.1 Å². The Morgan fingerprint density at radius 2 is 2.15 bits per heavy atom. The first-order valence-corrected chi connectivity index (χ1v) is 6.91. The van der Waals surface area contributed by atoms with Crippen molar-refractivity contribution in [2.24, 2.45) is 5.92 Å². The molecule has 0 N–H and O–H groups in total. The van der Waals surface area contributed by atoms with Gasteiger partial charge in [0.15, 0.2) is 0 Å². The van der Waals surface area contributed by atoms with E-state index in [1.165, 1.54) is 0 Å². The van der Waals surface area contributed by atoms with Gasteiger partial charge in [-0.15, -0.1) is 0 Å². The van der Waals surface area contributed by atoms with Crippen molar-refractivity contribution in [3.05, 3.63) is 23.4 Å². The first kappa shape index (κ1) is 14.3. The number of aromatic nitrogens is 1. The van der Waals surface area contributed by atoms with Gasteiger partial charge in [0.2, 0.25) is 5.91 Å². The van der Waals surface area contributed by atoms with E-state index >= 15 is 0 Å². The minimum absolute atomic E-state index is 0.108. The number of carbonyl (C=O) groups is 1.